The monoisotopic (exact) mass is 390 g/mol. The Morgan fingerprint density at radius 1 is 1.14 bits per heavy atom. The summed E-state index contributed by atoms with van der Waals surface area (Å²) < 4.78 is 31.9. The Bertz CT molecular complexity index is 808. The maximum Gasteiger partial charge on any atom is 0.409 e. The number of benzene rings is 1. The van der Waals surface area contributed by atoms with Gasteiger partial charge in [0.25, 0.3) is 6.43 Å². The highest BCUT2D eigenvalue weighted by Gasteiger charge is 2.24. The summed E-state index contributed by atoms with van der Waals surface area (Å²) in [4.78, 5) is 24.4. The van der Waals surface area contributed by atoms with Gasteiger partial charge in [-0.15, -0.1) is 0 Å². The standard InChI is InChI=1S/C20H24F2N4O2/c1-14(2)13-28-20(27)26-11-9-25(10-12-26)19-23-8-7-17(24-19)15-5-3-4-6-16(15)18(21)22/h3-8,14,18H,9-13H2,1-2H3. The van der Waals surface area contributed by atoms with Gasteiger partial charge >= 0.3 is 6.09 Å². The van der Waals surface area contributed by atoms with Crippen LogP contribution in [0.1, 0.15) is 25.8 Å². The van der Waals surface area contributed by atoms with Gasteiger partial charge in [-0.25, -0.2) is 23.5 Å². The van der Waals surface area contributed by atoms with E-state index in [2.05, 4.69) is 9.97 Å². The molecule has 0 N–H and O–H groups in total. The van der Waals surface area contributed by atoms with Crippen LogP contribution in [0.5, 0.6) is 0 Å². The van der Waals surface area contributed by atoms with E-state index in [9.17, 15) is 13.6 Å². The van der Waals surface area contributed by atoms with Crippen molar-refractivity contribution in [2.24, 2.45) is 5.92 Å². The van der Waals surface area contributed by atoms with Crippen molar-refractivity contribution < 1.29 is 18.3 Å². The number of amides is 1. The summed E-state index contributed by atoms with van der Waals surface area (Å²) in [5.74, 6) is 0.759. The van der Waals surface area contributed by atoms with E-state index in [1.165, 1.54) is 6.07 Å². The first kappa shape index (κ1) is 20.0. The van der Waals surface area contributed by atoms with Crippen molar-refractivity contribution in [2.45, 2.75) is 20.3 Å². The fourth-order valence-corrected chi connectivity index (χ4v) is 2.99. The van der Waals surface area contributed by atoms with Crippen LogP contribution in [-0.2, 0) is 4.74 Å². The Balaban J connectivity index is 1.69. The number of carbonyl (C=O) groups is 1. The molecule has 0 aliphatic carbocycles. The number of hydrogen-bond acceptors (Lipinski definition) is 5. The molecule has 0 spiro atoms. The number of anilines is 1. The van der Waals surface area contributed by atoms with Crippen molar-refractivity contribution in [3.8, 4) is 11.3 Å². The second-order valence-electron chi connectivity index (χ2n) is 7.07. The molecule has 0 saturated carbocycles. The normalized spacial score (nSPS) is 14.6. The average molecular weight is 390 g/mol. The number of carbonyl (C=O) groups excluding carboxylic acids is 1. The molecule has 1 aromatic carbocycles. The number of piperazine rings is 1. The summed E-state index contributed by atoms with van der Waals surface area (Å²) in [5.41, 5.74) is 0.807. The predicted octanol–water partition coefficient (Wildman–Crippen LogP) is 4.00. The zero-order chi connectivity index (χ0) is 20.1. The molecule has 28 heavy (non-hydrogen) atoms. The largest absolute Gasteiger partial charge is 0.449 e. The number of ether oxygens (including phenoxy) is 1. The van der Waals surface area contributed by atoms with Crippen molar-refractivity contribution in [3.05, 3.63) is 42.1 Å². The minimum Gasteiger partial charge on any atom is -0.449 e. The predicted molar refractivity (Wildman–Crippen MR) is 102 cm³/mol. The Kier molecular flexibility index (Phi) is 6.38. The summed E-state index contributed by atoms with van der Waals surface area (Å²) >= 11 is 0. The van der Waals surface area contributed by atoms with Gasteiger partial charge in [-0.3, -0.25) is 0 Å². The smallest absolute Gasteiger partial charge is 0.409 e. The van der Waals surface area contributed by atoms with E-state index in [0.29, 0.717) is 50.0 Å². The molecule has 150 valence electrons. The molecule has 2 heterocycles. The van der Waals surface area contributed by atoms with E-state index < -0.39 is 6.43 Å². The molecule has 0 atom stereocenters. The van der Waals surface area contributed by atoms with E-state index in [1.54, 1.807) is 35.4 Å². The number of aromatic nitrogens is 2. The van der Waals surface area contributed by atoms with E-state index >= 15 is 0 Å². The third-order valence-electron chi connectivity index (χ3n) is 4.48. The van der Waals surface area contributed by atoms with Gasteiger partial charge in [-0.1, -0.05) is 38.1 Å². The molecule has 3 rings (SSSR count). The van der Waals surface area contributed by atoms with Gasteiger partial charge in [-0.05, 0) is 12.0 Å². The average Bonchev–Trinajstić information content (AvgIpc) is 2.72. The fraction of sp³-hybridized carbons (Fsp3) is 0.450. The van der Waals surface area contributed by atoms with Crippen molar-refractivity contribution in [3.63, 3.8) is 0 Å². The molecule has 6 nitrogen and oxygen atoms in total. The van der Waals surface area contributed by atoms with Crippen LogP contribution in [0.2, 0.25) is 0 Å². The quantitative estimate of drug-likeness (QED) is 0.773. The summed E-state index contributed by atoms with van der Waals surface area (Å²) in [7, 11) is 0. The van der Waals surface area contributed by atoms with Gasteiger partial charge in [-0.2, -0.15) is 0 Å². The molecule has 8 heteroatoms. The van der Waals surface area contributed by atoms with Gasteiger partial charge in [0.05, 0.1) is 12.3 Å². The molecule has 0 radical (unpaired) electrons. The van der Waals surface area contributed by atoms with Crippen molar-refractivity contribution >= 4 is 12.0 Å². The van der Waals surface area contributed by atoms with Crippen LogP contribution in [-0.4, -0.2) is 53.7 Å². The van der Waals surface area contributed by atoms with Crippen LogP contribution in [0.3, 0.4) is 0 Å². The van der Waals surface area contributed by atoms with Gasteiger partial charge < -0.3 is 14.5 Å². The number of alkyl halides is 2. The molecule has 0 unspecified atom stereocenters. The lowest BCUT2D eigenvalue weighted by molar-refractivity contribution is 0.0900. The van der Waals surface area contributed by atoms with Gasteiger partial charge in [0, 0.05) is 43.5 Å². The molecule has 1 aliphatic heterocycles. The van der Waals surface area contributed by atoms with Crippen molar-refractivity contribution in [2.75, 3.05) is 37.7 Å². The Hall–Kier alpha value is -2.77. The molecule has 1 saturated heterocycles. The zero-order valence-corrected chi connectivity index (χ0v) is 16.0. The maximum atomic E-state index is 13.3. The summed E-state index contributed by atoms with van der Waals surface area (Å²) in [6.45, 7) is 6.47. The van der Waals surface area contributed by atoms with Gasteiger partial charge in [0.1, 0.15) is 0 Å². The highest BCUT2D eigenvalue weighted by Crippen LogP contribution is 2.30. The van der Waals surface area contributed by atoms with Crippen LogP contribution >= 0.6 is 0 Å². The molecule has 0 bridgehead atoms. The van der Waals surface area contributed by atoms with Crippen LogP contribution in [0.25, 0.3) is 11.3 Å². The minimum absolute atomic E-state index is 0.0510. The number of rotatable bonds is 5. The lowest BCUT2D eigenvalue weighted by Gasteiger charge is -2.34. The zero-order valence-electron chi connectivity index (χ0n) is 16.0. The molecular weight excluding hydrogens is 366 g/mol. The van der Waals surface area contributed by atoms with Gasteiger partial charge in [0.15, 0.2) is 0 Å². The van der Waals surface area contributed by atoms with Crippen molar-refractivity contribution in [1.29, 1.82) is 0 Å². The Labute approximate surface area is 163 Å². The number of halogens is 2. The maximum absolute atomic E-state index is 13.3. The molecular formula is C20H24F2N4O2. The molecule has 1 aliphatic rings. The summed E-state index contributed by atoms with van der Waals surface area (Å²) in [5, 5.41) is 0. The van der Waals surface area contributed by atoms with E-state index in [0.717, 1.165) is 0 Å². The summed E-state index contributed by atoms with van der Waals surface area (Å²) in [6.07, 6.45) is -1.31. The van der Waals surface area contributed by atoms with Crippen LogP contribution in [0.4, 0.5) is 19.5 Å². The molecule has 1 aromatic heterocycles. The fourth-order valence-electron chi connectivity index (χ4n) is 2.99. The molecule has 1 amide bonds. The van der Waals surface area contributed by atoms with Crippen LogP contribution in [0, 0.1) is 5.92 Å². The van der Waals surface area contributed by atoms with E-state index in [4.69, 9.17) is 4.74 Å². The first-order valence-corrected chi connectivity index (χ1v) is 9.33. The first-order valence-electron chi connectivity index (χ1n) is 9.33. The van der Waals surface area contributed by atoms with Crippen LogP contribution < -0.4 is 4.90 Å². The Morgan fingerprint density at radius 3 is 2.54 bits per heavy atom. The third kappa shape index (κ3) is 4.74. The SMILES string of the molecule is CC(C)COC(=O)N1CCN(c2nccc(-c3ccccc3C(F)F)n2)CC1. The lowest BCUT2D eigenvalue weighted by atomic mass is 10.0. The molecule has 2 aromatic rings. The Morgan fingerprint density at radius 2 is 1.86 bits per heavy atom. The topological polar surface area (TPSA) is 58.6 Å². The summed E-state index contributed by atoms with van der Waals surface area (Å²) in [6, 6.07) is 7.97. The van der Waals surface area contributed by atoms with E-state index in [1.807, 2.05) is 18.7 Å². The minimum atomic E-state index is -2.57. The number of nitrogens with zero attached hydrogens (tertiary/aromatic N) is 4. The van der Waals surface area contributed by atoms with Gasteiger partial charge in [0.2, 0.25) is 5.95 Å². The third-order valence-corrected chi connectivity index (χ3v) is 4.48. The number of hydrogen-bond donors (Lipinski definition) is 0. The second kappa shape index (κ2) is 8.95. The van der Waals surface area contributed by atoms with Crippen LogP contribution in [0.15, 0.2) is 36.5 Å². The lowest BCUT2D eigenvalue weighted by Crippen LogP contribution is -2.49. The second-order valence-corrected chi connectivity index (χ2v) is 7.07. The van der Waals surface area contributed by atoms with Crippen molar-refractivity contribution in [1.82, 2.24) is 14.9 Å². The van der Waals surface area contributed by atoms with E-state index in [-0.39, 0.29) is 17.6 Å². The molecule has 1 fully saturated rings. The first-order chi connectivity index (χ1) is 13.5. The highest BCUT2D eigenvalue weighted by molar-refractivity contribution is 5.68. The highest BCUT2D eigenvalue weighted by atomic mass is 19.3.